The topological polar surface area (TPSA) is 107 Å². The zero-order valence-electron chi connectivity index (χ0n) is 32.6. The van der Waals surface area contributed by atoms with Crippen LogP contribution in [-0.2, 0) is 20.0 Å². The number of benzene rings is 4. The predicted molar refractivity (Wildman–Crippen MR) is 229 cm³/mol. The van der Waals surface area contributed by atoms with Gasteiger partial charge in [0.15, 0.2) is 10.3 Å². The average molecular weight is 863 g/mol. The van der Waals surface area contributed by atoms with Crippen molar-refractivity contribution in [3.05, 3.63) is 130 Å². The SMILES string of the molecule is Cc1cccc(-c2csc(N3CCN(S(=O)(=O)c4ccc(F)cc4)CC3)n2)c1C.Cc1cccc(C)c1-c1csc(N2CCN(S(=O)(=O)c3ccc(F)cc3)CC2)n1. The first kappa shape index (κ1) is 41.6. The molecule has 58 heavy (non-hydrogen) atoms. The summed E-state index contributed by atoms with van der Waals surface area (Å²) in [5.41, 5.74) is 9.04. The van der Waals surface area contributed by atoms with Crippen LogP contribution in [-0.4, -0.2) is 87.8 Å². The molecule has 2 fully saturated rings. The minimum absolute atomic E-state index is 0.124. The predicted octanol–water partition coefficient (Wildman–Crippen LogP) is 8.15. The summed E-state index contributed by atoms with van der Waals surface area (Å²) in [7, 11) is -7.22. The van der Waals surface area contributed by atoms with E-state index in [4.69, 9.17) is 9.97 Å². The number of anilines is 2. The van der Waals surface area contributed by atoms with Crippen LogP contribution in [0.25, 0.3) is 22.5 Å². The highest BCUT2D eigenvalue weighted by Crippen LogP contribution is 2.34. The Morgan fingerprint density at radius 1 is 0.517 bits per heavy atom. The van der Waals surface area contributed by atoms with E-state index in [0.29, 0.717) is 52.4 Å². The molecule has 0 unspecified atom stereocenters. The van der Waals surface area contributed by atoms with E-state index >= 15 is 0 Å². The number of thiazole rings is 2. The number of piperazine rings is 2. The Hall–Kier alpha value is -4.58. The molecule has 4 heterocycles. The summed E-state index contributed by atoms with van der Waals surface area (Å²) in [5, 5.41) is 5.92. The summed E-state index contributed by atoms with van der Waals surface area (Å²) in [6, 6.07) is 22.4. The van der Waals surface area contributed by atoms with Gasteiger partial charge in [-0.3, -0.25) is 0 Å². The van der Waals surface area contributed by atoms with Gasteiger partial charge in [0.25, 0.3) is 0 Å². The molecule has 0 N–H and O–H groups in total. The number of aromatic nitrogens is 2. The molecule has 4 aromatic carbocycles. The highest BCUT2D eigenvalue weighted by atomic mass is 32.2. The maximum Gasteiger partial charge on any atom is 0.243 e. The van der Waals surface area contributed by atoms with E-state index in [9.17, 15) is 25.6 Å². The zero-order chi connectivity index (χ0) is 41.2. The third-order valence-electron chi connectivity index (χ3n) is 10.5. The lowest BCUT2D eigenvalue weighted by molar-refractivity contribution is 0.384. The smallest absolute Gasteiger partial charge is 0.243 e. The van der Waals surface area contributed by atoms with Gasteiger partial charge in [-0.15, -0.1) is 22.7 Å². The van der Waals surface area contributed by atoms with Gasteiger partial charge in [0.2, 0.25) is 20.0 Å². The molecule has 0 amide bonds. The van der Waals surface area contributed by atoms with E-state index in [-0.39, 0.29) is 9.79 Å². The molecule has 0 spiro atoms. The third kappa shape index (κ3) is 8.87. The van der Waals surface area contributed by atoms with Crippen LogP contribution in [0, 0.1) is 39.3 Å². The van der Waals surface area contributed by atoms with Crippen molar-refractivity contribution < 1.29 is 25.6 Å². The van der Waals surface area contributed by atoms with E-state index < -0.39 is 31.7 Å². The van der Waals surface area contributed by atoms with Crippen molar-refractivity contribution >= 4 is 53.0 Å². The first-order chi connectivity index (χ1) is 27.7. The van der Waals surface area contributed by atoms with Gasteiger partial charge in [-0.25, -0.2) is 35.6 Å². The number of halogens is 2. The summed E-state index contributed by atoms with van der Waals surface area (Å²) in [5.74, 6) is -0.894. The van der Waals surface area contributed by atoms with Gasteiger partial charge < -0.3 is 9.80 Å². The molecule has 2 aromatic heterocycles. The fourth-order valence-electron chi connectivity index (χ4n) is 7.06. The van der Waals surface area contributed by atoms with E-state index in [0.717, 1.165) is 32.8 Å². The maximum absolute atomic E-state index is 13.1. The lowest BCUT2D eigenvalue weighted by atomic mass is 10.0. The normalized spacial score (nSPS) is 15.6. The largest absolute Gasteiger partial charge is 0.345 e. The summed E-state index contributed by atoms with van der Waals surface area (Å²) in [4.78, 5) is 14.1. The summed E-state index contributed by atoms with van der Waals surface area (Å²) in [6.07, 6.45) is 0. The molecular weight excluding hydrogens is 819 g/mol. The van der Waals surface area contributed by atoms with Crippen molar-refractivity contribution in [3.63, 3.8) is 0 Å². The molecule has 0 bridgehead atoms. The number of rotatable bonds is 8. The minimum atomic E-state index is -3.61. The van der Waals surface area contributed by atoms with Crippen LogP contribution < -0.4 is 9.80 Å². The lowest BCUT2D eigenvalue weighted by Crippen LogP contribution is -2.48. The summed E-state index contributed by atoms with van der Waals surface area (Å²) < 4.78 is 80.2. The Labute approximate surface area is 347 Å². The Morgan fingerprint density at radius 2 is 0.914 bits per heavy atom. The first-order valence-electron chi connectivity index (χ1n) is 18.8. The molecule has 0 radical (unpaired) electrons. The van der Waals surface area contributed by atoms with Gasteiger partial charge in [0.1, 0.15) is 11.6 Å². The second-order valence-corrected chi connectivity index (χ2v) is 19.8. The molecule has 6 aromatic rings. The van der Waals surface area contributed by atoms with E-state index in [1.807, 2.05) is 12.1 Å². The van der Waals surface area contributed by atoms with E-state index in [1.165, 1.54) is 79.4 Å². The van der Waals surface area contributed by atoms with Crippen molar-refractivity contribution in [1.29, 1.82) is 0 Å². The second-order valence-electron chi connectivity index (χ2n) is 14.2. The van der Waals surface area contributed by atoms with Gasteiger partial charge in [-0.2, -0.15) is 8.61 Å². The summed E-state index contributed by atoms with van der Waals surface area (Å²) >= 11 is 3.16. The molecule has 304 valence electrons. The van der Waals surface area contributed by atoms with Crippen molar-refractivity contribution in [2.45, 2.75) is 37.5 Å². The average Bonchev–Trinajstić information content (AvgIpc) is 3.91. The highest BCUT2D eigenvalue weighted by Gasteiger charge is 2.31. The van der Waals surface area contributed by atoms with Gasteiger partial charge in [0.05, 0.1) is 21.2 Å². The quantitative estimate of drug-likeness (QED) is 0.151. The number of nitrogens with zero attached hydrogens (tertiary/aromatic N) is 6. The molecule has 0 saturated carbocycles. The van der Waals surface area contributed by atoms with Gasteiger partial charge in [-0.1, -0.05) is 36.4 Å². The molecule has 0 atom stereocenters. The molecule has 2 aliphatic heterocycles. The second kappa shape index (κ2) is 17.3. The Morgan fingerprint density at radius 3 is 1.38 bits per heavy atom. The Bertz CT molecular complexity index is 2580. The fraction of sp³-hybridized carbons (Fsp3) is 0.286. The molecule has 2 saturated heterocycles. The van der Waals surface area contributed by atoms with Crippen LogP contribution in [0.5, 0.6) is 0 Å². The van der Waals surface area contributed by atoms with Crippen LogP contribution in [0.15, 0.2) is 105 Å². The van der Waals surface area contributed by atoms with Crippen molar-refractivity contribution in [3.8, 4) is 22.5 Å². The van der Waals surface area contributed by atoms with Crippen LogP contribution >= 0.6 is 22.7 Å². The molecule has 0 aliphatic carbocycles. The fourth-order valence-corrected chi connectivity index (χ4v) is 11.6. The molecule has 16 heteroatoms. The Balaban J connectivity index is 0.000000177. The lowest BCUT2D eigenvalue weighted by Gasteiger charge is -2.33. The molecule has 2 aliphatic rings. The van der Waals surface area contributed by atoms with Gasteiger partial charge in [0, 0.05) is 74.2 Å². The van der Waals surface area contributed by atoms with E-state index in [1.54, 1.807) is 22.7 Å². The standard InChI is InChI=1S/2C21H22FN3O2S2/c1-15-4-3-5-19(16(15)2)20-14-28-21(23-20)24-10-12-25(13-11-24)29(26,27)18-8-6-17(22)7-9-18;1-15-4-3-5-16(2)20(15)19-14-28-21(23-19)24-10-12-25(13-11-24)29(26,27)18-8-6-17(22)7-9-18/h2*3-9,14H,10-13H2,1-2H3. The van der Waals surface area contributed by atoms with Crippen molar-refractivity contribution in [2.24, 2.45) is 0 Å². The monoisotopic (exact) mass is 862 g/mol. The third-order valence-corrected chi connectivity index (χ3v) is 16.2. The highest BCUT2D eigenvalue weighted by molar-refractivity contribution is 7.89. The minimum Gasteiger partial charge on any atom is -0.345 e. The van der Waals surface area contributed by atoms with Gasteiger partial charge in [-0.05, 0) is 98.5 Å². The van der Waals surface area contributed by atoms with Crippen molar-refractivity contribution in [2.75, 3.05) is 62.2 Å². The Kier molecular flexibility index (Phi) is 12.4. The van der Waals surface area contributed by atoms with Crippen LogP contribution in [0.1, 0.15) is 22.3 Å². The number of sulfonamides is 2. The van der Waals surface area contributed by atoms with Crippen LogP contribution in [0.3, 0.4) is 0 Å². The zero-order valence-corrected chi connectivity index (χ0v) is 35.9. The van der Waals surface area contributed by atoms with Crippen LogP contribution in [0.4, 0.5) is 19.0 Å². The number of hydrogen-bond donors (Lipinski definition) is 0. The first-order valence-corrected chi connectivity index (χ1v) is 23.4. The molecule has 8 rings (SSSR count). The number of aryl methyl sites for hydroxylation is 3. The summed E-state index contributed by atoms with van der Waals surface area (Å²) in [6.45, 7) is 12.1. The van der Waals surface area contributed by atoms with E-state index in [2.05, 4.69) is 72.5 Å². The van der Waals surface area contributed by atoms with Crippen LogP contribution in [0.2, 0.25) is 0 Å². The van der Waals surface area contributed by atoms with Gasteiger partial charge >= 0.3 is 0 Å². The molecule has 10 nitrogen and oxygen atoms in total. The molecular formula is C42H44F2N6O4S4. The number of hydrogen-bond acceptors (Lipinski definition) is 10. The maximum atomic E-state index is 13.1. The van der Waals surface area contributed by atoms with Crippen molar-refractivity contribution in [1.82, 2.24) is 18.6 Å².